The smallest absolute Gasteiger partial charge is 0.252 e. The summed E-state index contributed by atoms with van der Waals surface area (Å²) >= 11 is 0. The van der Waals surface area contributed by atoms with Crippen molar-refractivity contribution in [2.75, 3.05) is 40.0 Å². The highest BCUT2D eigenvalue weighted by Gasteiger charge is 2.35. The lowest BCUT2D eigenvalue weighted by atomic mass is 9.98. The lowest BCUT2D eigenvalue weighted by Gasteiger charge is -2.34. The van der Waals surface area contributed by atoms with Crippen LogP contribution in [-0.2, 0) is 20.8 Å². The number of rotatable bonds is 7. The van der Waals surface area contributed by atoms with Crippen LogP contribution in [0.2, 0.25) is 0 Å². The molecule has 1 aromatic carbocycles. The molecule has 0 spiro atoms. The minimum atomic E-state index is -0.799. The number of hydrogen-bond donors (Lipinski definition) is 2. The SMILES string of the molecule is COc1ccc(CNC(=O)[C@@H]2O[C@H](CCN3CCOCC3)CC[C@@H]2O)cc1. The zero-order chi connectivity index (χ0) is 19.1. The van der Waals surface area contributed by atoms with Gasteiger partial charge in [-0.2, -0.15) is 0 Å². The number of aliphatic hydroxyl groups is 1. The number of hydrogen-bond acceptors (Lipinski definition) is 6. The molecule has 2 aliphatic rings. The molecule has 2 aliphatic heterocycles. The highest BCUT2D eigenvalue weighted by molar-refractivity contribution is 5.81. The lowest BCUT2D eigenvalue weighted by Crippen LogP contribution is -2.49. The maximum Gasteiger partial charge on any atom is 0.252 e. The molecule has 0 aliphatic carbocycles. The van der Waals surface area contributed by atoms with Crippen LogP contribution in [0.25, 0.3) is 0 Å². The predicted octanol–water partition coefficient (Wildman–Crippen LogP) is 0.942. The van der Waals surface area contributed by atoms with Crippen LogP contribution in [0.3, 0.4) is 0 Å². The number of morpholine rings is 1. The Kier molecular flexibility index (Phi) is 7.46. The summed E-state index contributed by atoms with van der Waals surface area (Å²) in [4.78, 5) is 14.9. The fourth-order valence-corrected chi connectivity index (χ4v) is 3.51. The highest BCUT2D eigenvalue weighted by atomic mass is 16.5. The maximum absolute atomic E-state index is 12.5. The van der Waals surface area contributed by atoms with Gasteiger partial charge in [0.25, 0.3) is 5.91 Å². The van der Waals surface area contributed by atoms with E-state index in [-0.39, 0.29) is 12.0 Å². The zero-order valence-electron chi connectivity index (χ0n) is 15.9. The van der Waals surface area contributed by atoms with Gasteiger partial charge in [-0.15, -0.1) is 0 Å². The van der Waals surface area contributed by atoms with Gasteiger partial charge in [-0.05, 0) is 37.0 Å². The van der Waals surface area contributed by atoms with E-state index in [4.69, 9.17) is 14.2 Å². The van der Waals surface area contributed by atoms with Gasteiger partial charge in [-0.3, -0.25) is 9.69 Å². The third-order valence-electron chi connectivity index (χ3n) is 5.23. The molecule has 2 saturated heterocycles. The molecule has 1 amide bonds. The van der Waals surface area contributed by atoms with Crippen molar-refractivity contribution in [1.29, 1.82) is 0 Å². The van der Waals surface area contributed by atoms with Crippen molar-refractivity contribution in [3.63, 3.8) is 0 Å². The Hall–Kier alpha value is -1.67. The number of carbonyl (C=O) groups is 1. The third-order valence-corrected chi connectivity index (χ3v) is 5.23. The van der Waals surface area contributed by atoms with Crippen LogP contribution < -0.4 is 10.1 Å². The first-order valence-electron chi connectivity index (χ1n) is 9.70. The first-order chi connectivity index (χ1) is 13.2. The normalized spacial score (nSPS) is 26.5. The van der Waals surface area contributed by atoms with Crippen molar-refractivity contribution in [2.24, 2.45) is 0 Å². The molecule has 7 nitrogen and oxygen atoms in total. The lowest BCUT2D eigenvalue weighted by molar-refractivity contribution is -0.159. The molecule has 7 heteroatoms. The van der Waals surface area contributed by atoms with Crippen molar-refractivity contribution in [3.8, 4) is 5.75 Å². The Morgan fingerprint density at radius 1 is 1.26 bits per heavy atom. The Morgan fingerprint density at radius 2 is 2.00 bits per heavy atom. The molecular weight excluding hydrogens is 348 g/mol. The molecule has 0 radical (unpaired) electrons. The van der Waals surface area contributed by atoms with Gasteiger partial charge in [0.1, 0.15) is 5.75 Å². The summed E-state index contributed by atoms with van der Waals surface area (Å²) in [5.74, 6) is 0.522. The molecule has 0 saturated carbocycles. The summed E-state index contributed by atoms with van der Waals surface area (Å²) in [5.41, 5.74) is 0.971. The number of carbonyl (C=O) groups excluding carboxylic acids is 1. The summed E-state index contributed by atoms with van der Waals surface area (Å²) in [6, 6.07) is 7.52. The zero-order valence-corrected chi connectivity index (χ0v) is 15.9. The molecule has 3 atom stereocenters. The molecule has 0 aromatic heterocycles. The molecule has 150 valence electrons. The van der Waals surface area contributed by atoms with Gasteiger partial charge < -0.3 is 24.6 Å². The van der Waals surface area contributed by atoms with E-state index >= 15 is 0 Å². The van der Waals surface area contributed by atoms with Gasteiger partial charge in [0.2, 0.25) is 0 Å². The number of benzene rings is 1. The van der Waals surface area contributed by atoms with Crippen molar-refractivity contribution in [3.05, 3.63) is 29.8 Å². The molecule has 1 aromatic rings. The van der Waals surface area contributed by atoms with Gasteiger partial charge in [-0.25, -0.2) is 0 Å². The van der Waals surface area contributed by atoms with E-state index in [1.807, 2.05) is 24.3 Å². The number of nitrogens with zero attached hydrogens (tertiary/aromatic N) is 1. The van der Waals surface area contributed by atoms with Crippen molar-refractivity contribution in [1.82, 2.24) is 10.2 Å². The van der Waals surface area contributed by atoms with Crippen LogP contribution >= 0.6 is 0 Å². The molecular formula is C20H30N2O5. The Morgan fingerprint density at radius 3 is 2.70 bits per heavy atom. The van der Waals surface area contributed by atoms with E-state index < -0.39 is 12.2 Å². The highest BCUT2D eigenvalue weighted by Crippen LogP contribution is 2.23. The first kappa shape index (κ1) is 20.1. The maximum atomic E-state index is 12.5. The summed E-state index contributed by atoms with van der Waals surface area (Å²) in [6.07, 6.45) is 0.706. The number of methoxy groups -OCH3 is 1. The van der Waals surface area contributed by atoms with Crippen molar-refractivity contribution >= 4 is 5.91 Å². The molecule has 0 unspecified atom stereocenters. The number of amides is 1. The van der Waals surface area contributed by atoms with Gasteiger partial charge in [0.05, 0.1) is 32.5 Å². The first-order valence-corrected chi connectivity index (χ1v) is 9.70. The number of nitrogens with one attached hydrogen (secondary N) is 1. The number of ether oxygens (including phenoxy) is 3. The summed E-state index contributed by atoms with van der Waals surface area (Å²) in [5, 5.41) is 13.1. The monoisotopic (exact) mass is 378 g/mol. The van der Waals surface area contributed by atoms with E-state index in [2.05, 4.69) is 10.2 Å². The second-order valence-corrected chi connectivity index (χ2v) is 7.13. The van der Waals surface area contributed by atoms with Gasteiger partial charge in [-0.1, -0.05) is 12.1 Å². The van der Waals surface area contributed by atoms with Crippen LogP contribution in [-0.4, -0.2) is 74.2 Å². The third kappa shape index (κ3) is 5.90. The fourth-order valence-electron chi connectivity index (χ4n) is 3.51. The molecule has 2 fully saturated rings. The molecule has 2 N–H and O–H groups in total. The Balaban J connectivity index is 1.45. The van der Waals surface area contributed by atoms with Crippen LogP contribution in [0, 0.1) is 0 Å². The van der Waals surface area contributed by atoms with Crippen LogP contribution in [0.1, 0.15) is 24.8 Å². The number of aliphatic hydroxyl groups excluding tert-OH is 1. The summed E-state index contributed by atoms with van der Waals surface area (Å²) < 4.78 is 16.4. The second-order valence-electron chi connectivity index (χ2n) is 7.13. The Bertz CT molecular complexity index is 589. The quantitative estimate of drug-likeness (QED) is 0.735. The largest absolute Gasteiger partial charge is 0.497 e. The van der Waals surface area contributed by atoms with E-state index in [1.165, 1.54) is 0 Å². The molecule has 2 heterocycles. The van der Waals surface area contributed by atoms with Crippen molar-refractivity contribution in [2.45, 2.75) is 44.1 Å². The minimum Gasteiger partial charge on any atom is -0.497 e. The summed E-state index contributed by atoms with van der Waals surface area (Å²) in [6.45, 7) is 4.78. The molecule has 27 heavy (non-hydrogen) atoms. The van der Waals surface area contributed by atoms with Gasteiger partial charge in [0, 0.05) is 26.2 Å². The average molecular weight is 378 g/mol. The fraction of sp³-hybridized carbons (Fsp3) is 0.650. The van der Waals surface area contributed by atoms with Crippen LogP contribution in [0.5, 0.6) is 5.75 Å². The topological polar surface area (TPSA) is 80.3 Å². The predicted molar refractivity (Wildman–Crippen MR) is 101 cm³/mol. The van der Waals surface area contributed by atoms with Crippen LogP contribution in [0.4, 0.5) is 0 Å². The standard InChI is InChI=1S/C20H30N2O5/c1-25-16-4-2-15(3-5-16)14-21-20(24)19-18(23)7-6-17(27-19)8-9-22-10-12-26-13-11-22/h2-5,17-19,23H,6-14H2,1H3,(H,21,24)/t17-,18-,19+/m0/s1. The van der Waals surface area contributed by atoms with E-state index in [1.54, 1.807) is 7.11 Å². The summed E-state index contributed by atoms with van der Waals surface area (Å²) in [7, 11) is 1.62. The van der Waals surface area contributed by atoms with E-state index in [0.717, 1.165) is 57.0 Å². The average Bonchev–Trinajstić information content (AvgIpc) is 2.72. The minimum absolute atomic E-state index is 0.00739. The Labute approximate surface area is 160 Å². The second kappa shape index (κ2) is 10.0. The van der Waals surface area contributed by atoms with Gasteiger partial charge in [0.15, 0.2) is 6.10 Å². The van der Waals surface area contributed by atoms with Crippen molar-refractivity contribution < 1.29 is 24.1 Å². The van der Waals surface area contributed by atoms with E-state index in [9.17, 15) is 9.90 Å². The van der Waals surface area contributed by atoms with E-state index in [0.29, 0.717) is 13.0 Å². The molecule has 3 rings (SSSR count). The van der Waals surface area contributed by atoms with Crippen LogP contribution in [0.15, 0.2) is 24.3 Å². The molecule has 0 bridgehead atoms. The van der Waals surface area contributed by atoms with Gasteiger partial charge >= 0.3 is 0 Å².